The minimum atomic E-state index is -0.526. The van der Waals surface area contributed by atoms with Crippen LogP contribution >= 0.6 is 11.3 Å². The van der Waals surface area contributed by atoms with Crippen molar-refractivity contribution in [2.24, 2.45) is 0 Å². The Labute approximate surface area is 105 Å². The van der Waals surface area contributed by atoms with Gasteiger partial charge in [-0.3, -0.25) is 10.1 Å². The van der Waals surface area contributed by atoms with Crippen LogP contribution in [0.1, 0.15) is 43.8 Å². The molecule has 0 saturated heterocycles. The van der Waals surface area contributed by atoms with Crippen molar-refractivity contribution in [1.82, 2.24) is 0 Å². The summed E-state index contributed by atoms with van der Waals surface area (Å²) in [5, 5.41) is 4.32. The number of ether oxygens (including phenoxy) is 1. The second-order valence-electron chi connectivity index (χ2n) is 4.60. The molecule has 0 atom stereocenters. The number of ketones is 1. The molecule has 0 aromatic carbocycles. The summed E-state index contributed by atoms with van der Waals surface area (Å²) in [5.74, 6) is 0.0761. The molecule has 1 heterocycles. The van der Waals surface area contributed by atoms with E-state index < -0.39 is 11.7 Å². The van der Waals surface area contributed by atoms with Crippen LogP contribution in [0.3, 0.4) is 0 Å². The third kappa shape index (κ3) is 4.56. The predicted molar refractivity (Wildman–Crippen MR) is 68.8 cm³/mol. The average Bonchev–Trinajstić information content (AvgIpc) is 2.62. The second kappa shape index (κ2) is 5.31. The lowest BCUT2D eigenvalue weighted by molar-refractivity contribution is 0.0635. The zero-order chi connectivity index (χ0) is 13.1. The lowest BCUT2D eigenvalue weighted by Crippen LogP contribution is -2.27. The molecule has 17 heavy (non-hydrogen) atoms. The van der Waals surface area contributed by atoms with Crippen LogP contribution in [0.15, 0.2) is 11.4 Å². The topological polar surface area (TPSA) is 55.4 Å². The van der Waals surface area contributed by atoms with Gasteiger partial charge in [0.1, 0.15) is 5.60 Å². The largest absolute Gasteiger partial charge is 0.444 e. The monoisotopic (exact) mass is 255 g/mol. The Hall–Kier alpha value is -1.36. The van der Waals surface area contributed by atoms with Crippen LogP contribution in [0, 0.1) is 0 Å². The Kier molecular flexibility index (Phi) is 4.28. The standard InChI is InChI=1S/C12H17NO3S/c1-5-9(14)10-6-8(7-17-10)13-11(15)16-12(2,3)4/h6-7H,5H2,1-4H3,(H,13,15). The molecule has 1 aromatic heterocycles. The second-order valence-corrected chi connectivity index (χ2v) is 5.51. The number of anilines is 1. The Morgan fingerprint density at radius 3 is 2.59 bits per heavy atom. The first-order valence-electron chi connectivity index (χ1n) is 5.43. The summed E-state index contributed by atoms with van der Waals surface area (Å²) in [6.07, 6.45) is -0.0438. The van der Waals surface area contributed by atoms with Crippen LogP contribution in [-0.4, -0.2) is 17.5 Å². The molecule has 1 rings (SSSR count). The lowest BCUT2D eigenvalue weighted by Gasteiger charge is -2.19. The Balaban J connectivity index is 2.61. The van der Waals surface area contributed by atoms with Gasteiger partial charge in [-0.15, -0.1) is 11.3 Å². The molecule has 0 fully saturated rings. The molecule has 0 spiro atoms. The maximum atomic E-state index is 11.5. The maximum Gasteiger partial charge on any atom is 0.412 e. The molecular weight excluding hydrogens is 238 g/mol. The smallest absolute Gasteiger partial charge is 0.412 e. The molecule has 0 aliphatic heterocycles. The van der Waals surface area contributed by atoms with Crippen molar-refractivity contribution in [1.29, 1.82) is 0 Å². The highest BCUT2D eigenvalue weighted by molar-refractivity contribution is 7.12. The average molecular weight is 255 g/mol. The van der Waals surface area contributed by atoms with Crippen molar-refractivity contribution in [3.63, 3.8) is 0 Å². The molecule has 0 aliphatic rings. The number of rotatable bonds is 3. The Bertz CT molecular complexity index is 418. The molecule has 0 unspecified atom stereocenters. The van der Waals surface area contributed by atoms with Gasteiger partial charge in [-0.25, -0.2) is 4.79 Å². The minimum absolute atomic E-state index is 0.0761. The predicted octanol–water partition coefficient (Wildman–Crippen LogP) is 3.69. The van der Waals surface area contributed by atoms with Crippen LogP contribution in [-0.2, 0) is 4.74 Å². The van der Waals surface area contributed by atoms with E-state index in [1.807, 2.05) is 6.92 Å². The first-order valence-corrected chi connectivity index (χ1v) is 6.31. The van der Waals surface area contributed by atoms with E-state index in [0.717, 1.165) is 0 Å². The number of hydrogen-bond acceptors (Lipinski definition) is 4. The normalized spacial score (nSPS) is 11.1. The summed E-state index contributed by atoms with van der Waals surface area (Å²) in [5.41, 5.74) is 0.0726. The lowest BCUT2D eigenvalue weighted by atomic mass is 10.2. The Morgan fingerprint density at radius 1 is 1.41 bits per heavy atom. The van der Waals surface area contributed by atoms with Crippen LogP contribution in [0.2, 0.25) is 0 Å². The van der Waals surface area contributed by atoms with E-state index in [-0.39, 0.29) is 5.78 Å². The van der Waals surface area contributed by atoms with Gasteiger partial charge in [-0.2, -0.15) is 0 Å². The highest BCUT2D eigenvalue weighted by Gasteiger charge is 2.17. The van der Waals surface area contributed by atoms with E-state index in [1.165, 1.54) is 11.3 Å². The molecule has 0 radical (unpaired) electrons. The molecule has 94 valence electrons. The van der Waals surface area contributed by atoms with Gasteiger partial charge in [-0.1, -0.05) is 6.92 Å². The van der Waals surface area contributed by atoms with Crippen molar-refractivity contribution < 1.29 is 14.3 Å². The van der Waals surface area contributed by atoms with Gasteiger partial charge >= 0.3 is 6.09 Å². The van der Waals surface area contributed by atoms with E-state index in [9.17, 15) is 9.59 Å². The highest BCUT2D eigenvalue weighted by Crippen LogP contribution is 2.21. The summed E-state index contributed by atoms with van der Waals surface area (Å²) in [6, 6.07) is 1.67. The summed E-state index contributed by atoms with van der Waals surface area (Å²) in [7, 11) is 0. The number of thiophene rings is 1. The van der Waals surface area contributed by atoms with E-state index in [4.69, 9.17) is 4.74 Å². The molecule has 1 amide bonds. The van der Waals surface area contributed by atoms with Gasteiger partial charge in [0.15, 0.2) is 5.78 Å². The number of hydrogen-bond donors (Lipinski definition) is 1. The van der Waals surface area contributed by atoms with Crippen molar-refractivity contribution in [3.8, 4) is 0 Å². The third-order valence-electron chi connectivity index (χ3n) is 1.84. The summed E-state index contributed by atoms with van der Waals surface area (Å²) < 4.78 is 5.11. The number of amides is 1. The minimum Gasteiger partial charge on any atom is -0.444 e. The van der Waals surface area contributed by atoms with Gasteiger partial charge < -0.3 is 4.74 Å². The number of nitrogens with one attached hydrogen (secondary N) is 1. The fourth-order valence-corrected chi connectivity index (χ4v) is 2.00. The van der Waals surface area contributed by atoms with Gasteiger partial charge in [0.25, 0.3) is 0 Å². The summed E-state index contributed by atoms with van der Waals surface area (Å²) >= 11 is 1.32. The van der Waals surface area contributed by atoms with Gasteiger partial charge in [-0.05, 0) is 26.8 Å². The molecule has 0 bridgehead atoms. The number of Topliss-reactive ketones (excluding diaryl/α,β-unsaturated/α-hetero) is 1. The molecule has 4 nitrogen and oxygen atoms in total. The van der Waals surface area contributed by atoms with Crippen molar-refractivity contribution in [2.45, 2.75) is 39.7 Å². The van der Waals surface area contributed by atoms with Gasteiger partial charge in [0.2, 0.25) is 0 Å². The van der Waals surface area contributed by atoms with Gasteiger partial charge in [0, 0.05) is 11.8 Å². The maximum absolute atomic E-state index is 11.5. The van der Waals surface area contributed by atoms with E-state index >= 15 is 0 Å². The highest BCUT2D eigenvalue weighted by atomic mass is 32.1. The number of carbonyl (C=O) groups is 2. The Morgan fingerprint density at radius 2 is 2.06 bits per heavy atom. The molecule has 1 N–H and O–H groups in total. The summed E-state index contributed by atoms with van der Waals surface area (Å²) in [4.78, 5) is 23.5. The van der Waals surface area contributed by atoms with E-state index in [1.54, 1.807) is 32.2 Å². The zero-order valence-electron chi connectivity index (χ0n) is 10.5. The first-order chi connectivity index (χ1) is 7.81. The van der Waals surface area contributed by atoms with E-state index in [2.05, 4.69) is 5.32 Å². The van der Waals surface area contributed by atoms with Crippen LogP contribution in [0.4, 0.5) is 10.5 Å². The van der Waals surface area contributed by atoms with Crippen molar-refractivity contribution in [2.75, 3.05) is 5.32 Å². The number of carbonyl (C=O) groups excluding carboxylic acids is 2. The molecule has 5 heteroatoms. The molecule has 0 saturated carbocycles. The zero-order valence-corrected chi connectivity index (χ0v) is 11.3. The van der Waals surface area contributed by atoms with E-state index in [0.29, 0.717) is 17.0 Å². The quantitative estimate of drug-likeness (QED) is 0.838. The van der Waals surface area contributed by atoms with Crippen molar-refractivity contribution in [3.05, 3.63) is 16.3 Å². The fraction of sp³-hybridized carbons (Fsp3) is 0.500. The summed E-state index contributed by atoms with van der Waals surface area (Å²) in [6.45, 7) is 7.20. The third-order valence-corrected chi connectivity index (χ3v) is 2.81. The van der Waals surface area contributed by atoms with Gasteiger partial charge in [0.05, 0.1) is 10.6 Å². The molecule has 1 aromatic rings. The first kappa shape index (κ1) is 13.7. The molecule has 0 aliphatic carbocycles. The van der Waals surface area contributed by atoms with Crippen LogP contribution in [0.25, 0.3) is 0 Å². The SMILES string of the molecule is CCC(=O)c1cc(NC(=O)OC(C)(C)C)cs1. The van der Waals surface area contributed by atoms with Crippen LogP contribution in [0.5, 0.6) is 0 Å². The fourth-order valence-electron chi connectivity index (χ4n) is 1.14. The van der Waals surface area contributed by atoms with Crippen molar-refractivity contribution >= 4 is 28.9 Å². The molecular formula is C12H17NO3S. The van der Waals surface area contributed by atoms with Crippen LogP contribution < -0.4 is 5.32 Å².